The van der Waals surface area contributed by atoms with E-state index in [2.05, 4.69) is 50.5 Å². The maximum Gasteiger partial charge on any atom is 0.224 e. The van der Waals surface area contributed by atoms with Gasteiger partial charge in [-0.05, 0) is 54.4 Å². The first-order chi connectivity index (χ1) is 9.83. The highest BCUT2D eigenvalue weighted by Gasteiger charge is 2.18. The molecule has 0 saturated carbocycles. The summed E-state index contributed by atoms with van der Waals surface area (Å²) in [6.45, 7) is 9.86. The number of carbonyl (C=O) groups excluding carboxylic acids is 1. The SMILES string of the molecule is CC(CC(=O)Nc1ccc2c(c1)CCCN2)CC(C)(C)C. The van der Waals surface area contributed by atoms with Gasteiger partial charge in [0.05, 0.1) is 0 Å². The van der Waals surface area contributed by atoms with Crippen molar-refractivity contribution in [1.29, 1.82) is 0 Å². The molecule has 0 fully saturated rings. The Morgan fingerprint density at radius 1 is 1.38 bits per heavy atom. The highest BCUT2D eigenvalue weighted by atomic mass is 16.1. The molecule has 1 heterocycles. The van der Waals surface area contributed by atoms with E-state index in [-0.39, 0.29) is 11.3 Å². The molecule has 116 valence electrons. The van der Waals surface area contributed by atoms with Crippen LogP contribution in [0.15, 0.2) is 18.2 Å². The molecule has 1 unspecified atom stereocenters. The molecule has 1 aliphatic heterocycles. The van der Waals surface area contributed by atoms with Crippen LogP contribution in [0.25, 0.3) is 0 Å². The summed E-state index contributed by atoms with van der Waals surface area (Å²) in [6, 6.07) is 6.17. The molecule has 1 aromatic rings. The number of nitrogens with one attached hydrogen (secondary N) is 2. The molecule has 0 radical (unpaired) electrons. The molecule has 2 rings (SSSR count). The first-order valence-corrected chi connectivity index (χ1v) is 8.00. The third-order valence-electron chi connectivity index (χ3n) is 3.82. The number of carbonyl (C=O) groups is 1. The fraction of sp³-hybridized carbons (Fsp3) is 0.611. The van der Waals surface area contributed by atoms with E-state index in [1.807, 2.05) is 6.07 Å². The Morgan fingerprint density at radius 3 is 2.86 bits per heavy atom. The molecule has 0 aromatic heterocycles. The van der Waals surface area contributed by atoms with Crippen LogP contribution < -0.4 is 10.6 Å². The number of hydrogen-bond acceptors (Lipinski definition) is 2. The van der Waals surface area contributed by atoms with Crippen molar-refractivity contribution in [2.75, 3.05) is 17.2 Å². The predicted molar refractivity (Wildman–Crippen MR) is 89.7 cm³/mol. The molecule has 3 nitrogen and oxygen atoms in total. The minimum atomic E-state index is 0.121. The summed E-state index contributed by atoms with van der Waals surface area (Å²) in [4.78, 5) is 12.2. The number of benzene rings is 1. The van der Waals surface area contributed by atoms with Crippen LogP contribution in [0.4, 0.5) is 11.4 Å². The first-order valence-electron chi connectivity index (χ1n) is 8.00. The Hall–Kier alpha value is -1.51. The van der Waals surface area contributed by atoms with Crippen molar-refractivity contribution in [3.05, 3.63) is 23.8 Å². The van der Waals surface area contributed by atoms with E-state index in [9.17, 15) is 4.79 Å². The number of rotatable bonds is 4. The Labute approximate surface area is 128 Å². The van der Waals surface area contributed by atoms with Gasteiger partial charge in [0.15, 0.2) is 0 Å². The van der Waals surface area contributed by atoms with E-state index >= 15 is 0 Å². The molecular weight excluding hydrogens is 260 g/mol. The summed E-state index contributed by atoms with van der Waals surface area (Å²) in [5.41, 5.74) is 3.71. The van der Waals surface area contributed by atoms with Crippen LogP contribution >= 0.6 is 0 Å². The fourth-order valence-electron chi connectivity index (χ4n) is 3.20. The Balaban J connectivity index is 1.91. The van der Waals surface area contributed by atoms with E-state index < -0.39 is 0 Å². The lowest BCUT2D eigenvalue weighted by molar-refractivity contribution is -0.117. The molecule has 0 spiro atoms. The highest BCUT2D eigenvalue weighted by Crippen LogP contribution is 2.27. The van der Waals surface area contributed by atoms with Crippen molar-refractivity contribution in [3.8, 4) is 0 Å². The molecule has 3 heteroatoms. The first kappa shape index (κ1) is 15.9. The van der Waals surface area contributed by atoms with Crippen molar-refractivity contribution in [2.24, 2.45) is 11.3 Å². The number of aryl methyl sites for hydroxylation is 1. The minimum absolute atomic E-state index is 0.121. The summed E-state index contributed by atoms with van der Waals surface area (Å²) in [5, 5.41) is 6.43. The molecule has 1 aromatic carbocycles. The molecule has 1 atom stereocenters. The standard InChI is InChI=1S/C18H28N2O/c1-13(12-18(2,3)4)10-17(21)20-15-7-8-16-14(11-15)6-5-9-19-16/h7-8,11,13,19H,5-6,9-10,12H2,1-4H3,(H,20,21). The molecule has 21 heavy (non-hydrogen) atoms. The van der Waals surface area contributed by atoms with E-state index in [0.717, 1.165) is 31.5 Å². The van der Waals surface area contributed by atoms with E-state index in [1.165, 1.54) is 11.3 Å². The van der Waals surface area contributed by atoms with Crippen LogP contribution in [0.2, 0.25) is 0 Å². The zero-order valence-electron chi connectivity index (χ0n) is 13.8. The van der Waals surface area contributed by atoms with Gasteiger partial charge in [0, 0.05) is 24.3 Å². The molecule has 0 saturated heterocycles. The monoisotopic (exact) mass is 288 g/mol. The number of hydrogen-bond donors (Lipinski definition) is 2. The van der Waals surface area contributed by atoms with Gasteiger partial charge in [-0.15, -0.1) is 0 Å². The zero-order chi connectivity index (χ0) is 15.5. The lowest BCUT2D eigenvalue weighted by atomic mass is 9.84. The van der Waals surface area contributed by atoms with E-state index in [1.54, 1.807) is 0 Å². The van der Waals surface area contributed by atoms with Gasteiger partial charge >= 0.3 is 0 Å². The Bertz CT molecular complexity index is 502. The van der Waals surface area contributed by atoms with Crippen molar-refractivity contribution in [3.63, 3.8) is 0 Å². The second-order valence-electron chi connectivity index (χ2n) is 7.52. The Kier molecular flexibility index (Phi) is 4.92. The molecule has 2 N–H and O–H groups in total. The number of fused-ring (bicyclic) bond motifs is 1. The lowest BCUT2D eigenvalue weighted by Crippen LogP contribution is -2.19. The van der Waals surface area contributed by atoms with Crippen LogP contribution in [-0.2, 0) is 11.2 Å². The normalized spacial score (nSPS) is 15.8. The zero-order valence-corrected chi connectivity index (χ0v) is 13.8. The molecule has 0 aliphatic carbocycles. The second-order valence-corrected chi connectivity index (χ2v) is 7.52. The number of anilines is 2. The largest absolute Gasteiger partial charge is 0.385 e. The Morgan fingerprint density at radius 2 is 2.14 bits per heavy atom. The summed E-state index contributed by atoms with van der Waals surface area (Å²) < 4.78 is 0. The van der Waals surface area contributed by atoms with Crippen molar-refractivity contribution < 1.29 is 4.79 Å². The molecular formula is C18H28N2O. The fourth-order valence-corrected chi connectivity index (χ4v) is 3.20. The van der Waals surface area contributed by atoms with Crippen molar-refractivity contribution >= 4 is 17.3 Å². The maximum absolute atomic E-state index is 12.2. The van der Waals surface area contributed by atoms with Crippen LogP contribution in [-0.4, -0.2) is 12.5 Å². The second kappa shape index (κ2) is 6.50. The van der Waals surface area contributed by atoms with Crippen LogP contribution in [0, 0.1) is 11.3 Å². The summed E-state index contributed by atoms with van der Waals surface area (Å²) >= 11 is 0. The van der Waals surface area contributed by atoms with Gasteiger partial charge < -0.3 is 10.6 Å². The van der Waals surface area contributed by atoms with E-state index in [0.29, 0.717) is 12.3 Å². The van der Waals surface area contributed by atoms with E-state index in [4.69, 9.17) is 0 Å². The molecule has 1 amide bonds. The van der Waals surface area contributed by atoms with Crippen molar-refractivity contribution in [2.45, 2.75) is 53.4 Å². The smallest absolute Gasteiger partial charge is 0.224 e. The van der Waals surface area contributed by atoms with Gasteiger partial charge in [0.2, 0.25) is 5.91 Å². The third kappa shape index (κ3) is 5.07. The molecule has 1 aliphatic rings. The van der Waals surface area contributed by atoms with Crippen LogP contribution in [0.5, 0.6) is 0 Å². The lowest BCUT2D eigenvalue weighted by Gasteiger charge is -2.23. The average molecular weight is 288 g/mol. The summed E-state index contributed by atoms with van der Waals surface area (Å²) in [7, 11) is 0. The van der Waals surface area contributed by atoms with Gasteiger partial charge in [-0.25, -0.2) is 0 Å². The van der Waals surface area contributed by atoms with Gasteiger partial charge in [0.1, 0.15) is 0 Å². The third-order valence-corrected chi connectivity index (χ3v) is 3.82. The summed E-state index contributed by atoms with van der Waals surface area (Å²) in [5.74, 6) is 0.528. The van der Waals surface area contributed by atoms with Crippen LogP contribution in [0.1, 0.15) is 52.5 Å². The quantitative estimate of drug-likeness (QED) is 0.859. The van der Waals surface area contributed by atoms with Gasteiger partial charge in [-0.3, -0.25) is 4.79 Å². The predicted octanol–water partition coefficient (Wildman–Crippen LogP) is 4.45. The van der Waals surface area contributed by atoms with Gasteiger partial charge in [-0.2, -0.15) is 0 Å². The highest BCUT2D eigenvalue weighted by molar-refractivity contribution is 5.91. The van der Waals surface area contributed by atoms with Crippen molar-refractivity contribution in [1.82, 2.24) is 0 Å². The maximum atomic E-state index is 12.2. The van der Waals surface area contributed by atoms with Gasteiger partial charge in [0.25, 0.3) is 0 Å². The topological polar surface area (TPSA) is 41.1 Å². The average Bonchev–Trinajstić information content (AvgIpc) is 2.35. The minimum Gasteiger partial charge on any atom is -0.385 e. The summed E-state index contributed by atoms with van der Waals surface area (Å²) in [6.07, 6.45) is 3.90. The van der Waals surface area contributed by atoms with Gasteiger partial charge in [-0.1, -0.05) is 27.7 Å². The number of amides is 1. The van der Waals surface area contributed by atoms with Crippen LogP contribution in [0.3, 0.4) is 0 Å². The molecule has 0 bridgehead atoms.